The van der Waals surface area contributed by atoms with Crippen LogP contribution in [0.25, 0.3) is 0 Å². The number of methoxy groups -OCH3 is 1. The highest BCUT2D eigenvalue weighted by Gasteiger charge is 2.38. The monoisotopic (exact) mass is 470 g/mol. The molecule has 3 aromatic rings. The van der Waals surface area contributed by atoms with Gasteiger partial charge in [0.25, 0.3) is 0 Å². The van der Waals surface area contributed by atoms with E-state index in [1.54, 1.807) is 12.1 Å². The van der Waals surface area contributed by atoms with Crippen molar-refractivity contribution in [3.8, 4) is 17.2 Å². The molecule has 0 radical (unpaired) electrons. The maximum atomic E-state index is 14.1. The van der Waals surface area contributed by atoms with Crippen LogP contribution in [0.5, 0.6) is 17.2 Å². The number of para-hydroxylation sites is 1. The van der Waals surface area contributed by atoms with Gasteiger partial charge in [0.2, 0.25) is 15.8 Å². The van der Waals surface area contributed by atoms with Crippen molar-refractivity contribution in [2.45, 2.75) is 12.7 Å². The summed E-state index contributed by atoms with van der Waals surface area (Å²) < 4.78 is 89.0. The van der Waals surface area contributed by atoms with Gasteiger partial charge in [-0.25, -0.2) is 12.8 Å². The number of nitrogens with zero attached hydrogens (tertiary/aromatic N) is 2. The molecule has 0 aliphatic heterocycles. The second-order valence-corrected chi connectivity index (χ2v) is 8.50. The van der Waals surface area contributed by atoms with Gasteiger partial charge in [0.15, 0.2) is 17.3 Å². The first-order valence-corrected chi connectivity index (χ1v) is 10.8. The third-order valence-electron chi connectivity index (χ3n) is 4.23. The predicted octanol–water partition coefficient (Wildman–Crippen LogP) is 4.92. The first-order valence-electron chi connectivity index (χ1n) is 9.15. The summed E-state index contributed by atoms with van der Waals surface area (Å²) >= 11 is 0. The van der Waals surface area contributed by atoms with E-state index in [4.69, 9.17) is 9.47 Å². The van der Waals surface area contributed by atoms with Crippen molar-refractivity contribution in [2.24, 2.45) is 0 Å². The van der Waals surface area contributed by atoms with Crippen LogP contribution in [0.4, 0.5) is 23.2 Å². The second-order valence-electron chi connectivity index (χ2n) is 6.61. The molecular weight excluding hydrogens is 452 g/mol. The molecule has 0 amide bonds. The highest BCUT2D eigenvalue weighted by atomic mass is 32.2. The smallest absolute Gasteiger partial charge is 0.404 e. The van der Waals surface area contributed by atoms with Crippen LogP contribution in [-0.2, 0) is 16.6 Å². The van der Waals surface area contributed by atoms with Crippen LogP contribution in [0, 0.1) is 5.82 Å². The molecule has 2 aromatic carbocycles. The molecule has 0 aliphatic carbocycles. The van der Waals surface area contributed by atoms with E-state index >= 15 is 0 Å². The predicted molar refractivity (Wildman–Crippen MR) is 110 cm³/mol. The van der Waals surface area contributed by atoms with E-state index in [1.807, 2.05) is 0 Å². The quantitative estimate of drug-likeness (QED) is 0.437. The van der Waals surface area contributed by atoms with Gasteiger partial charge in [0, 0.05) is 12.4 Å². The molecule has 0 atom stereocenters. The number of sulfonamides is 1. The Bertz CT molecular complexity index is 1150. The summed E-state index contributed by atoms with van der Waals surface area (Å²) in [5.74, 6) is -2.61. The van der Waals surface area contributed by atoms with Crippen LogP contribution in [0.1, 0.15) is 5.56 Å². The number of alkyl halides is 3. The molecule has 0 N–H and O–H groups in total. The lowest BCUT2D eigenvalue weighted by molar-refractivity contribution is -0.106. The maximum Gasteiger partial charge on any atom is 0.404 e. The van der Waals surface area contributed by atoms with Gasteiger partial charge in [-0.15, -0.1) is 0 Å². The van der Waals surface area contributed by atoms with Gasteiger partial charge in [-0.1, -0.05) is 12.1 Å². The van der Waals surface area contributed by atoms with Crippen molar-refractivity contribution < 1.29 is 35.5 Å². The Labute approximate surface area is 182 Å². The molecule has 1 heterocycles. The van der Waals surface area contributed by atoms with Crippen LogP contribution < -0.4 is 13.8 Å². The number of benzene rings is 2. The normalized spacial score (nSPS) is 11.8. The van der Waals surface area contributed by atoms with Crippen LogP contribution in [0.2, 0.25) is 0 Å². The summed E-state index contributed by atoms with van der Waals surface area (Å²) in [5.41, 5.74) is 0.376. The van der Waals surface area contributed by atoms with Crippen molar-refractivity contribution in [3.05, 3.63) is 78.4 Å². The molecule has 11 heteroatoms. The minimum absolute atomic E-state index is 0.0223. The summed E-state index contributed by atoms with van der Waals surface area (Å²) in [7, 11) is -3.42. The summed E-state index contributed by atoms with van der Waals surface area (Å²) in [4.78, 5) is 3.86. The Hall–Kier alpha value is -3.34. The lowest BCUT2D eigenvalue weighted by Gasteiger charge is -2.25. The number of rotatable bonds is 8. The highest BCUT2D eigenvalue weighted by Crippen LogP contribution is 2.35. The Morgan fingerprint density at radius 3 is 2.34 bits per heavy atom. The van der Waals surface area contributed by atoms with E-state index in [0.717, 1.165) is 0 Å². The van der Waals surface area contributed by atoms with E-state index in [-0.39, 0.29) is 29.5 Å². The lowest BCUT2D eigenvalue weighted by Crippen LogP contribution is -2.37. The van der Waals surface area contributed by atoms with Crippen molar-refractivity contribution in [3.63, 3.8) is 0 Å². The fraction of sp³-hybridized carbons (Fsp3) is 0.190. The molecule has 170 valence electrons. The Morgan fingerprint density at radius 1 is 1.03 bits per heavy atom. The Kier molecular flexibility index (Phi) is 6.87. The van der Waals surface area contributed by atoms with Crippen LogP contribution in [0.3, 0.4) is 0 Å². The fourth-order valence-corrected chi connectivity index (χ4v) is 4.20. The molecule has 32 heavy (non-hydrogen) atoms. The van der Waals surface area contributed by atoms with Crippen LogP contribution in [-0.4, -0.2) is 32.4 Å². The Balaban J connectivity index is 1.92. The van der Waals surface area contributed by atoms with Crippen LogP contribution in [0.15, 0.2) is 67.0 Å². The van der Waals surface area contributed by atoms with E-state index in [2.05, 4.69) is 4.98 Å². The fourth-order valence-electron chi connectivity index (χ4n) is 2.84. The van der Waals surface area contributed by atoms with Gasteiger partial charge in [-0.3, -0.25) is 9.29 Å². The van der Waals surface area contributed by atoms with Gasteiger partial charge < -0.3 is 9.47 Å². The molecule has 1 aromatic heterocycles. The summed E-state index contributed by atoms with van der Waals surface area (Å²) in [6.45, 7) is -0.354. The molecule has 0 bridgehead atoms. The van der Waals surface area contributed by atoms with Crippen molar-refractivity contribution in [1.82, 2.24) is 4.98 Å². The van der Waals surface area contributed by atoms with Gasteiger partial charge in [-0.05, 0) is 48.0 Å². The number of pyridine rings is 1. The largest absolute Gasteiger partial charge is 0.493 e. The van der Waals surface area contributed by atoms with Crippen LogP contribution >= 0.6 is 0 Å². The number of halogens is 4. The zero-order valence-corrected chi connectivity index (χ0v) is 17.5. The number of anilines is 1. The lowest BCUT2D eigenvalue weighted by atomic mass is 10.2. The van der Waals surface area contributed by atoms with Crippen molar-refractivity contribution in [1.29, 1.82) is 0 Å². The standard InChI is InChI=1S/C21H18F4N2O4S/c1-30-19-6-2-5-18(22)20(19)31-17-9-7-16(8-10-17)27(13-15-4-3-11-26-12-15)32(28,29)14-21(23,24)25/h2-12H,13-14H2,1H3. The number of hydrogen-bond donors (Lipinski definition) is 0. The topological polar surface area (TPSA) is 68.7 Å². The number of aromatic nitrogens is 1. The summed E-state index contributed by atoms with van der Waals surface area (Å²) in [5, 5.41) is 0. The Morgan fingerprint density at radius 2 is 1.75 bits per heavy atom. The maximum absolute atomic E-state index is 14.1. The molecule has 6 nitrogen and oxygen atoms in total. The zero-order valence-electron chi connectivity index (χ0n) is 16.7. The van der Waals surface area contributed by atoms with E-state index in [9.17, 15) is 26.0 Å². The minimum atomic E-state index is -4.92. The summed E-state index contributed by atoms with van der Waals surface area (Å²) in [6.07, 6.45) is -2.10. The molecular formula is C21H18F4N2O4S. The average Bonchev–Trinajstić information content (AvgIpc) is 2.73. The summed E-state index contributed by atoms with van der Waals surface area (Å²) in [6, 6.07) is 12.4. The van der Waals surface area contributed by atoms with Crippen molar-refractivity contribution in [2.75, 3.05) is 17.2 Å². The molecule has 0 unspecified atom stereocenters. The molecule has 0 saturated heterocycles. The van der Waals surface area contributed by atoms with E-state index in [0.29, 0.717) is 9.87 Å². The molecule has 3 rings (SSSR count). The van der Waals surface area contributed by atoms with Gasteiger partial charge in [0.1, 0.15) is 5.75 Å². The molecule has 0 fully saturated rings. The van der Waals surface area contributed by atoms with Crippen molar-refractivity contribution >= 4 is 15.7 Å². The van der Waals surface area contributed by atoms with E-state index < -0.39 is 27.8 Å². The van der Waals surface area contributed by atoms with Gasteiger partial charge >= 0.3 is 6.18 Å². The van der Waals surface area contributed by atoms with Gasteiger partial charge in [0.05, 0.1) is 19.3 Å². The average molecular weight is 470 g/mol. The van der Waals surface area contributed by atoms with Gasteiger partial charge in [-0.2, -0.15) is 13.2 Å². The zero-order chi connectivity index (χ0) is 23.4. The number of ether oxygens (including phenoxy) is 2. The SMILES string of the molecule is COc1cccc(F)c1Oc1ccc(N(Cc2cccnc2)S(=O)(=O)CC(F)(F)F)cc1. The minimum Gasteiger partial charge on any atom is -0.493 e. The highest BCUT2D eigenvalue weighted by molar-refractivity contribution is 7.92. The molecule has 0 spiro atoms. The second kappa shape index (κ2) is 9.43. The first kappa shape index (κ1) is 23.3. The first-order chi connectivity index (χ1) is 15.1. The van der Waals surface area contributed by atoms with E-state index in [1.165, 1.54) is 62.0 Å². The third-order valence-corrected chi connectivity index (χ3v) is 5.93. The third kappa shape index (κ3) is 5.88. The molecule has 0 saturated carbocycles. The number of hydrogen-bond acceptors (Lipinski definition) is 5. The molecule has 0 aliphatic rings.